The van der Waals surface area contributed by atoms with Crippen molar-refractivity contribution in [3.63, 3.8) is 0 Å². The first-order valence-corrected chi connectivity index (χ1v) is 11.1. The zero-order valence-corrected chi connectivity index (χ0v) is 16.3. The highest BCUT2D eigenvalue weighted by Gasteiger charge is 2.32. The van der Waals surface area contributed by atoms with Gasteiger partial charge in [0, 0.05) is 18.8 Å². The molecule has 0 aliphatic carbocycles. The molecule has 0 radical (unpaired) electrons. The van der Waals surface area contributed by atoms with Crippen molar-refractivity contribution in [1.29, 1.82) is 0 Å². The van der Waals surface area contributed by atoms with Crippen molar-refractivity contribution in [3.05, 3.63) is 35.9 Å². The van der Waals surface area contributed by atoms with E-state index in [2.05, 4.69) is 41.0 Å². The van der Waals surface area contributed by atoms with Crippen LogP contribution in [0.15, 0.2) is 30.3 Å². The standard InChI is InChI=1S/C21H32N2OS/c1-2-20(18-10-5-3-6-11-18)21(24)23-14-9-15-25-17-19(23)16-22-12-7-4-8-13-22/h3,5-6,10-11,19-20H,2,4,7-9,12-17H2,1H3. The number of carbonyl (C=O) groups excluding carboxylic acids is 1. The molecule has 138 valence electrons. The van der Waals surface area contributed by atoms with Gasteiger partial charge in [0.2, 0.25) is 5.91 Å². The average molecular weight is 361 g/mol. The lowest BCUT2D eigenvalue weighted by molar-refractivity contribution is -0.135. The lowest BCUT2D eigenvalue weighted by atomic mass is 9.94. The van der Waals surface area contributed by atoms with E-state index in [9.17, 15) is 4.79 Å². The first kappa shape index (κ1) is 18.8. The molecule has 1 aromatic carbocycles. The lowest BCUT2D eigenvalue weighted by Crippen LogP contribution is -2.50. The Morgan fingerprint density at radius 3 is 2.60 bits per heavy atom. The van der Waals surface area contributed by atoms with Gasteiger partial charge in [0.15, 0.2) is 0 Å². The molecule has 1 amide bonds. The molecule has 3 rings (SSSR count). The number of thioether (sulfide) groups is 1. The third kappa shape index (κ3) is 5.01. The van der Waals surface area contributed by atoms with Crippen LogP contribution in [0.1, 0.15) is 50.5 Å². The van der Waals surface area contributed by atoms with E-state index < -0.39 is 0 Å². The van der Waals surface area contributed by atoms with Crippen molar-refractivity contribution < 1.29 is 4.79 Å². The number of amides is 1. The molecule has 2 aliphatic rings. The summed E-state index contributed by atoms with van der Waals surface area (Å²) in [6.45, 7) is 6.54. The fourth-order valence-electron chi connectivity index (χ4n) is 4.15. The number of hydrogen-bond acceptors (Lipinski definition) is 3. The quantitative estimate of drug-likeness (QED) is 0.793. The minimum absolute atomic E-state index is 0.00755. The number of nitrogens with zero attached hydrogens (tertiary/aromatic N) is 2. The van der Waals surface area contributed by atoms with Crippen LogP contribution in [0.3, 0.4) is 0 Å². The van der Waals surface area contributed by atoms with Gasteiger partial charge in [-0.25, -0.2) is 0 Å². The Labute approximate surface area is 157 Å². The van der Waals surface area contributed by atoms with Crippen LogP contribution >= 0.6 is 11.8 Å². The van der Waals surface area contributed by atoms with Gasteiger partial charge in [0.25, 0.3) is 0 Å². The van der Waals surface area contributed by atoms with Gasteiger partial charge in [-0.2, -0.15) is 11.8 Å². The largest absolute Gasteiger partial charge is 0.337 e. The second-order valence-electron chi connectivity index (χ2n) is 7.35. The van der Waals surface area contributed by atoms with Gasteiger partial charge in [-0.05, 0) is 50.1 Å². The predicted molar refractivity (Wildman–Crippen MR) is 107 cm³/mol. The van der Waals surface area contributed by atoms with Crippen molar-refractivity contribution in [2.24, 2.45) is 0 Å². The van der Waals surface area contributed by atoms with Gasteiger partial charge in [-0.1, -0.05) is 43.7 Å². The van der Waals surface area contributed by atoms with E-state index in [0.717, 1.165) is 31.7 Å². The summed E-state index contributed by atoms with van der Waals surface area (Å²) in [4.78, 5) is 18.3. The molecule has 0 bridgehead atoms. The average Bonchev–Trinajstić information content (AvgIpc) is 2.89. The third-order valence-corrected chi connectivity index (χ3v) is 6.75. The molecule has 2 unspecified atom stereocenters. The summed E-state index contributed by atoms with van der Waals surface area (Å²) in [5.74, 6) is 2.63. The number of likely N-dealkylation sites (tertiary alicyclic amines) is 1. The molecule has 25 heavy (non-hydrogen) atoms. The van der Waals surface area contributed by atoms with Crippen LogP contribution in [0, 0.1) is 0 Å². The zero-order chi connectivity index (χ0) is 17.5. The summed E-state index contributed by atoms with van der Waals surface area (Å²) < 4.78 is 0. The maximum atomic E-state index is 13.4. The second-order valence-corrected chi connectivity index (χ2v) is 8.50. The molecule has 2 heterocycles. The Bertz CT molecular complexity index is 530. The number of hydrogen-bond donors (Lipinski definition) is 0. The van der Waals surface area contributed by atoms with Crippen molar-refractivity contribution in [3.8, 4) is 0 Å². The molecule has 0 aromatic heterocycles. The zero-order valence-electron chi connectivity index (χ0n) is 15.5. The van der Waals surface area contributed by atoms with E-state index in [-0.39, 0.29) is 5.92 Å². The van der Waals surface area contributed by atoms with Crippen LogP contribution in [-0.2, 0) is 4.79 Å². The Morgan fingerprint density at radius 1 is 1.12 bits per heavy atom. The molecular weight excluding hydrogens is 328 g/mol. The Kier molecular flexibility index (Phi) is 7.23. The fraction of sp³-hybridized carbons (Fsp3) is 0.667. The first-order valence-electron chi connectivity index (χ1n) is 9.95. The Balaban J connectivity index is 1.73. The summed E-state index contributed by atoms with van der Waals surface area (Å²) in [6, 6.07) is 10.7. The summed E-state index contributed by atoms with van der Waals surface area (Å²) in [5, 5.41) is 0. The Hall–Kier alpha value is -1.00. The molecule has 0 saturated carbocycles. The molecule has 2 aliphatic heterocycles. The van der Waals surface area contributed by atoms with Gasteiger partial charge in [-0.3, -0.25) is 4.79 Å². The van der Waals surface area contributed by atoms with Gasteiger partial charge in [-0.15, -0.1) is 0 Å². The summed E-state index contributed by atoms with van der Waals surface area (Å²) in [5.41, 5.74) is 1.17. The molecule has 0 N–H and O–H groups in total. The Morgan fingerprint density at radius 2 is 1.88 bits per heavy atom. The van der Waals surface area contributed by atoms with Crippen molar-refractivity contribution in [2.45, 2.75) is 51.0 Å². The highest BCUT2D eigenvalue weighted by molar-refractivity contribution is 7.99. The van der Waals surface area contributed by atoms with E-state index >= 15 is 0 Å². The SMILES string of the molecule is CCC(C(=O)N1CCCSCC1CN1CCCCC1)c1ccccc1. The maximum absolute atomic E-state index is 13.4. The molecular formula is C21H32N2OS. The van der Waals surface area contributed by atoms with E-state index in [1.165, 1.54) is 43.7 Å². The summed E-state index contributed by atoms with van der Waals surface area (Å²) in [6.07, 6.45) is 6.00. The van der Waals surface area contributed by atoms with Gasteiger partial charge in [0.05, 0.1) is 12.0 Å². The molecule has 2 saturated heterocycles. The predicted octanol–water partition coefficient (Wildman–Crippen LogP) is 4.00. The van der Waals surface area contributed by atoms with Crippen LogP contribution in [0.5, 0.6) is 0 Å². The molecule has 3 nitrogen and oxygen atoms in total. The monoisotopic (exact) mass is 360 g/mol. The van der Waals surface area contributed by atoms with E-state index in [4.69, 9.17) is 0 Å². The van der Waals surface area contributed by atoms with Gasteiger partial charge < -0.3 is 9.80 Å². The maximum Gasteiger partial charge on any atom is 0.230 e. The van der Waals surface area contributed by atoms with Crippen LogP contribution in [-0.4, -0.2) is 59.4 Å². The number of carbonyl (C=O) groups is 1. The summed E-state index contributed by atoms with van der Waals surface area (Å²) >= 11 is 2.03. The van der Waals surface area contributed by atoms with Crippen LogP contribution in [0.25, 0.3) is 0 Å². The van der Waals surface area contributed by atoms with Crippen LogP contribution < -0.4 is 0 Å². The van der Waals surface area contributed by atoms with E-state index in [1.54, 1.807) is 0 Å². The topological polar surface area (TPSA) is 23.6 Å². The normalized spacial score (nSPS) is 23.9. The summed E-state index contributed by atoms with van der Waals surface area (Å²) in [7, 11) is 0. The number of piperidine rings is 1. The third-order valence-electron chi connectivity index (χ3n) is 5.55. The van der Waals surface area contributed by atoms with Crippen molar-refractivity contribution >= 4 is 17.7 Å². The lowest BCUT2D eigenvalue weighted by Gasteiger charge is -2.37. The first-order chi connectivity index (χ1) is 12.3. The van der Waals surface area contributed by atoms with Crippen molar-refractivity contribution in [2.75, 3.05) is 37.7 Å². The highest BCUT2D eigenvalue weighted by atomic mass is 32.2. The van der Waals surface area contributed by atoms with Crippen molar-refractivity contribution in [1.82, 2.24) is 9.80 Å². The molecule has 0 spiro atoms. The van der Waals surface area contributed by atoms with Gasteiger partial charge in [0.1, 0.15) is 0 Å². The minimum atomic E-state index is 0.00755. The van der Waals surface area contributed by atoms with E-state index in [0.29, 0.717) is 11.9 Å². The second kappa shape index (κ2) is 9.63. The van der Waals surface area contributed by atoms with Gasteiger partial charge >= 0.3 is 0 Å². The number of rotatable bonds is 5. The molecule has 1 aromatic rings. The van der Waals surface area contributed by atoms with E-state index in [1.807, 2.05) is 17.8 Å². The number of benzene rings is 1. The van der Waals surface area contributed by atoms with Crippen LogP contribution in [0.4, 0.5) is 0 Å². The fourth-order valence-corrected chi connectivity index (χ4v) is 5.21. The molecule has 2 fully saturated rings. The van der Waals surface area contributed by atoms with Crippen LogP contribution in [0.2, 0.25) is 0 Å². The minimum Gasteiger partial charge on any atom is -0.337 e. The molecule has 2 atom stereocenters. The smallest absolute Gasteiger partial charge is 0.230 e. The highest BCUT2D eigenvalue weighted by Crippen LogP contribution is 2.26. The molecule has 4 heteroatoms.